The average molecular weight is 440 g/mol. The first kappa shape index (κ1) is 23.6. The minimum atomic E-state index is -0.159. The predicted molar refractivity (Wildman–Crippen MR) is 122 cm³/mol. The van der Waals surface area contributed by atoms with Gasteiger partial charge in [0.15, 0.2) is 0 Å². The van der Waals surface area contributed by atoms with Gasteiger partial charge < -0.3 is 19.2 Å². The molecule has 2 aromatic heterocycles. The van der Waals surface area contributed by atoms with E-state index in [2.05, 4.69) is 16.3 Å². The molecule has 8 heteroatoms. The van der Waals surface area contributed by atoms with E-state index in [0.29, 0.717) is 31.0 Å². The van der Waals surface area contributed by atoms with Gasteiger partial charge in [0.05, 0.1) is 24.9 Å². The Bertz CT molecular complexity index is 974. The molecule has 0 radical (unpaired) electrons. The maximum atomic E-state index is 12.9. The molecule has 1 fully saturated rings. The third kappa shape index (κ3) is 5.05. The maximum Gasteiger partial charge on any atom is 0.239 e. The normalized spacial score (nSPS) is 14.8. The Hall–Kier alpha value is -3.05. The number of carbonyl (C=O) groups is 2. The van der Waals surface area contributed by atoms with Gasteiger partial charge in [0.1, 0.15) is 17.6 Å². The second kappa shape index (κ2) is 10.5. The lowest BCUT2D eigenvalue weighted by Gasteiger charge is -2.33. The van der Waals surface area contributed by atoms with Crippen LogP contribution in [-0.4, -0.2) is 58.9 Å². The number of nitriles is 1. The molecule has 1 aliphatic heterocycles. The summed E-state index contributed by atoms with van der Waals surface area (Å²) in [7, 11) is 0. The number of nitrogens with one attached hydrogen (secondary N) is 1. The smallest absolute Gasteiger partial charge is 0.239 e. The molecular formula is C24H33N5O3. The highest BCUT2D eigenvalue weighted by Gasteiger charge is 2.28. The van der Waals surface area contributed by atoms with Crippen LogP contribution >= 0.6 is 0 Å². The Morgan fingerprint density at radius 2 is 1.94 bits per heavy atom. The first-order chi connectivity index (χ1) is 15.4. The lowest BCUT2D eigenvalue weighted by Crippen LogP contribution is -2.44. The summed E-state index contributed by atoms with van der Waals surface area (Å²) >= 11 is 0. The van der Waals surface area contributed by atoms with E-state index in [1.807, 2.05) is 49.3 Å². The van der Waals surface area contributed by atoms with Crippen LogP contribution in [0.5, 0.6) is 0 Å². The third-order valence-corrected chi connectivity index (χ3v) is 6.47. The number of rotatable bonds is 8. The van der Waals surface area contributed by atoms with Crippen molar-refractivity contribution in [2.45, 2.75) is 47.1 Å². The molecule has 0 spiro atoms. The van der Waals surface area contributed by atoms with E-state index in [4.69, 9.17) is 4.42 Å². The monoisotopic (exact) mass is 439 g/mol. The zero-order valence-corrected chi connectivity index (χ0v) is 19.5. The van der Waals surface area contributed by atoms with Crippen LogP contribution in [0.25, 0.3) is 0 Å². The molecule has 0 bridgehead atoms. The van der Waals surface area contributed by atoms with Gasteiger partial charge in [-0.25, -0.2) is 0 Å². The Labute approximate surface area is 189 Å². The van der Waals surface area contributed by atoms with Crippen molar-refractivity contribution in [3.05, 3.63) is 41.0 Å². The van der Waals surface area contributed by atoms with Crippen LogP contribution in [-0.2, 0) is 16.1 Å². The topological polar surface area (TPSA) is 94.5 Å². The number of amides is 2. The fourth-order valence-electron chi connectivity index (χ4n) is 4.39. The predicted octanol–water partition coefficient (Wildman–Crippen LogP) is 3.14. The van der Waals surface area contributed by atoms with E-state index in [1.165, 1.54) is 0 Å². The van der Waals surface area contributed by atoms with Crippen molar-refractivity contribution in [1.82, 2.24) is 14.4 Å². The van der Waals surface area contributed by atoms with Gasteiger partial charge >= 0.3 is 0 Å². The highest BCUT2D eigenvalue weighted by atomic mass is 16.3. The molecule has 0 saturated carbocycles. The summed E-state index contributed by atoms with van der Waals surface area (Å²) in [4.78, 5) is 29.4. The first-order valence-electron chi connectivity index (χ1n) is 11.3. The molecular weight excluding hydrogens is 406 g/mol. The van der Waals surface area contributed by atoms with Crippen molar-refractivity contribution in [3.63, 3.8) is 0 Å². The van der Waals surface area contributed by atoms with Crippen molar-refractivity contribution in [2.75, 3.05) is 38.0 Å². The van der Waals surface area contributed by atoms with Gasteiger partial charge in [-0.15, -0.1) is 0 Å². The number of hydrogen-bond donors (Lipinski definition) is 1. The Balaban J connectivity index is 1.64. The van der Waals surface area contributed by atoms with Gasteiger partial charge in [-0.2, -0.15) is 5.26 Å². The molecule has 8 nitrogen and oxygen atoms in total. The summed E-state index contributed by atoms with van der Waals surface area (Å²) in [5, 5.41) is 12.6. The number of anilines is 1. The number of aromatic nitrogens is 1. The zero-order chi connectivity index (χ0) is 23.3. The van der Waals surface area contributed by atoms with Gasteiger partial charge in [-0.05, 0) is 71.3 Å². The third-order valence-electron chi connectivity index (χ3n) is 6.47. The number of hydrogen-bond acceptors (Lipinski definition) is 5. The van der Waals surface area contributed by atoms with Crippen molar-refractivity contribution in [2.24, 2.45) is 5.92 Å². The Morgan fingerprint density at radius 1 is 1.25 bits per heavy atom. The maximum absolute atomic E-state index is 12.9. The molecule has 0 atom stereocenters. The molecule has 0 aromatic carbocycles. The second-order valence-electron chi connectivity index (χ2n) is 8.32. The van der Waals surface area contributed by atoms with Crippen molar-refractivity contribution in [1.29, 1.82) is 5.26 Å². The fraction of sp³-hybridized carbons (Fsp3) is 0.542. The molecule has 1 N–H and O–H groups in total. The van der Waals surface area contributed by atoms with Gasteiger partial charge in [-0.3, -0.25) is 14.5 Å². The Morgan fingerprint density at radius 3 is 2.50 bits per heavy atom. The van der Waals surface area contributed by atoms with E-state index < -0.39 is 0 Å². The van der Waals surface area contributed by atoms with Crippen LogP contribution in [0.15, 0.2) is 22.8 Å². The molecule has 32 heavy (non-hydrogen) atoms. The number of piperidine rings is 1. The molecule has 0 unspecified atom stereocenters. The molecule has 172 valence electrons. The van der Waals surface area contributed by atoms with E-state index in [1.54, 1.807) is 6.26 Å². The van der Waals surface area contributed by atoms with Crippen LogP contribution in [0.3, 0.4) is 0 Å². The van der Waals surface area contributed by atoms with Crippen LogP contribution in [0.4, 0.5) is 5.82 Å². The van der Waals surface area contributed by atoms with Crippen molar-refractivity contribution in [3.8, 4) is 6.07 Å². The number of carbonyl (C=O) groups excluding carboxylic acids is 2. The lowest BCUT2D eigenvalue weighted by molar-refractivity contribution is -0.136. The number of nitrogens with zero attached hydrogens (tertiary/aromatic N) is 4. The van der Waals surface area contributed by atoms with Gasteiger partial charge in [0, 0.05) is 24.7 Å². The molecule has 1 saturated heterocycles. The minimum Gasteiger partial charge on any atom is -0.467 e. The summed E-state index contributed by atoms with van der Waals surface area (Å²) < 4.78 is 7.38. The molecule has 0 aliphatic carbocycles. The van der Waals surface area contributed by atoms with E-state index >= 15 is 0 Å². The quantitative estimate of drug-likeness (QED) is 0.682. The lowest BCUT2D eigenvalue weighted by atomic mass is 9.95. The number of furan rings is 1. The van der Waals surface area contributed by atoms with Crippen LogP contribution in [0.1, 0.15) is 49.3 Å². The standard InChI is InChI=1S/C24H33N5O3/c1-5-28(6-2)24(31)19-9-11-27(12-10-19)16-22(30)26-23-21(14-25)17(3)18(4)29(23)15-20-8-7-13-32-20/h7-8,13,19H,5-6,9-12,15-16H2,1-4H3,(H,26,30). The molecule has 1 aliphatic rings. The van der Waals surface area contributed by atoms with Gasteiger partial charge in [0.2, 0.25) is 11.8 Å². The largest absolute Gasteiger partial charge is 0.467 e. The SMILES string of the molecule is CCN(CC)C(=O)C1CCN(CC(=O)Nc2c(C#N)c(C)c(C)n2Cc2ccco2)CC1. The highest BCUT2D eigenvalue weighted by Crippen LogP contribution is 2.27. The Kier molecular flexibility index (Phi) is 7.75. The molecule has 3 rings (SSSR count). The van der Waals surface area contributed by atoms with E-state index in [-0.39, 0.29) is 24.3 Å². The molecule has 2 aromatic rings. The van der Waals surface area contributed by atoms with E-state index in [9.17, 15) is 14.9 Å². The summed E-state index contributed by atoms with van der Waals surface area (Å²) in [6.07, 6.45) is 3.14. The first-order valence-corrected chi connectivity index (χ1v) is 11.3. The summed E-state index contributed by atoms with van der Waals surface area (Å²) in [6.45, 7) is 11.4. The second-order valence-corrected chi connectivity index (χ2v) is 8.32. The summed E-state index contributed by atoms with van der Waals surface area (Å²) in [6, 6.07) is 5.92. The van der Waals surface area contributed by atoms with Gasteiger partial charge in [0.25, 0.3) is 0 Å². The van der Waals surface area contributed by atoms with Crippen LogP contribution < -0.4 is 5.32 Å². The average Bonchev–Trinajstić information content (AvgIpc) is 3.38. The molecule has 2 amide bonds. The van der Waals surface area contributed by atoms with Crippen LogP contribution in [0, 0.1) is 31.1 Å². The summed E-state index contributed by atoms with van der Waals surface area (Å²) in [5.41, 5.74) is 2.25. The molecule has 3 heterocycles. The van der Waals surface area contributed by atoms with Crippen molar-refractivity contribution >= 4 is 17.6 Å². The number of likely N-dealkylation sites (tertiary alicyclic amines) is 1. The fourth-order valence-corrected chi connectivity index (χ4v) is 4.39. The van der Waals surface area contributed by atoms with Gasteiger partial charge in [-0.1, -0.05) is 0 Å². The van der Waals surface area contributed by atoms with E-state index in [0.717, 1.165) is 42.9 Å². The minimum absolute atomic E-state index is 0.0372. The van der Waals surface area contributed by atoms with Crippen LogP contribution in [0.2, 0.25) is 0 Å². The summed E-state index contributed by atoms with van der Waals surface area (Å²) in [5.74, 6) is 1.36. The van der Waals surface area contributed by atoms with Crippen molar-refractivity contribution < 1.29 is 14.0 Å². The highest BCUT2D eigenvalue weighted by molar-refractivity contribution is 5.93. The zero-order valence-electron chi connectivity index (χ0n) is 19.5.